The zero-order valence-electron chi connectivity index (χ0n) is 39.3. The van der Waals surface area contributed by atoms with Crippen LogP contribution in [0, 0.1) is 11.8 Å². The standard InChI is InChI=1S/C27H31ClN2O4.C27H29ClN2O4.2CH4/c2*1-3-33-24(31)10-7-19-16-20-6-5-13-29-26(20)25(22-9-8-21(28)17-23(19)22)18-11-14-30(15-12-18)27(32)34-4-2;;/h5-6,8-9,13,16-18,25H,3-4,7,10-12,14-15H2,1-2H3;5-10,13,16-18,25H,3-4,11-12,14-15H2,1-2H3;2*1H4/b;10-7+;;. The summed E-state index contributed by atoms with van der Waals surface area (Å²) < 4.78 is 20.6. The van der Waals surface area contributed by atoms with Crippen molar-refractivity contribution in [3.8, 4) is 0 Å². The van der Waals surface area contributed by atoms with Gasteiger partial charge < -0.3 is 28.7 Å². The van der Waals surface area contributed by atoms with Crippen molar-refractivity contribution in [2.75, 3.05) is 52.6 Å². The van der Waals surface area contributed by atoms with Gasteiger partial charge in [-0.3, -0.25) is 14.8 Å². The SMILES string of the molecule is C.C.CCOC(=O)/C=C/C1=Cc2cccnc2C(C2CCN(C(=O)OCC)CC2)c2ccc(Cl)cc21.CCOC(=O)CCC1=Cc2cccnc2C(C2CCN(C(=O)OCC)CC2)c2ccc(Cl)cc21. The minimum Gasteiger partial charge on any atom is -0.466 e. The first-order valence-electron chi connectivity index (χ1n) is 23.8. The molecule has 0 bridgehead atoms. The average Bonchev–Trinajstić information content (AvgIpc) is 3.57. The van der Waals surface area contributed by atoms with E-state index in [1.807, 2.05) is 69.6 Å². The molecule has 374 valence electrons. The smallest absolute Gasteiger partial charge is 0.409 e. The molecule has 2 fully saturated rings. The highest BCUT2D eigenvalue weighted by atomic mass is 35.5. The summed E-state index contributed by atoms with van der Waals surface area (Å²) in [5.74, 6) is 0.135. The third-order valence-electron chi connectivity index (χ3n) is 13.0. The summed E-state index contributed by atoms with van der Waals surface area (Å²) in [6.45, 7) is 11.3. The summed E-state index contributed by atoms with van der Waals surface area (Å²) in [6.07, 6.45) is 14.9. The number of benzene rings is 2. The lowest BCUT2D eigenvalue weighted by Gasteiger charge is -2.36. The molecule has 2 aliphatic heterocycles. The van der Waals surface area contributed by atoms with Gasteiger partial charge in [0, 0.05) is 73.0 Å². The molecule has 8 rings (SSSR count). The third-order valence-corrected chi connectivity index (χ3v) is 13.5. The van der Waals surface area contributed by atoms with Crippen LogP contribution >= 0.6 is 23.2 Å². The normalized spacial score (nSPS) is 17.4. The second-order valence-corrected chi connectivity index (χ2v) is 18.0. The second kappa shape index (κ2) is 26.3. The Hall–Kier alpha value is -5.98. The number of allylic oxidation sites excluding steroid dienone is 3. The van der Waals surface area contributed by atoms with Crippen molar-refractivity contribution in [1.82, 2.24) is 19.8 Å². The van der Waals surface area contributed by atoms with E-state index in [0.29, 0.717) is 87.3 Å². The van der Waals surface area contributed by atoms with Crippen LogP contribution < -0.4 is 0 Å². The maximum atomic E-state index is 12.2. The van der Waals surface area contributed by atoms with Crippen LogP contribution in [0.2, 0.25) is 10.0 Å². The zero-order valence-corrected chi connectivity index (χ0v) is 40.8. The first kappa shape index (κ1) is 55.0. The number of carbonyl (C=O) groups is 4. The van der Waals surface area contributed by atoms with Crippen molar-refractivity contribution >= 4 is 70.6 Å². The van der Waals surface area contributed by atoms with Gasteiger partial charge in [-0.1, -0.05) is 62.3 Å². The lowest BCUT2D eigenvalue weighted by Crippen LogP contribution is -2.40. The van der Waals surface area contributed by atoms with Crippen LogP contribution in [-0.4, -0.2) is 96.5 Å². The fourth-order valence-electron chi connectivity index (χ4n) is 9.93. The number of ether oxygens (including phenoxy) is 4. The monoisotopic (exact) mass is 994 g/mol. The van der Waals surface area contributed by atoms with E-state index in [0.717, 1.165) is 76.0 Å². The number of aromatic nitrogens is 2. The topological polar surface area (TPSA) is 137 Å². The van der Waals surface area contributed by atoms with Crippen molar-refractivity contribution in [3.05, 3.63) is 140 Å². The first-order valence-corrected chi connectivity index (χ1v) is 24.5. The van der Waals surface area contributed by atoms with Gasteiger partial charge in [-0.25, -0.2) is 14.4 Å². The Morgan fingerprint density at radius 3 is 1.60 bits per heavy atom. The van der Waals surface area contributed by atoms with Gasteiger partial charge in [0.1, 0.15) is 0 Å². The summed E-state index contributed by atoms with van der Waals surface area (Å²) in [6, 6.07) is 20.0. The van der Waals surface area contributed by atoms with Crippen LogP contribution in [0.25, 0.3) is 23.3 Å². The molecule has 2 atom stereocenters. The van der Waals surface area contributed by atoms with Crippen molar-refractivity contribution < 1.29 is 38.1 Å². The highest BCUT2D eigenvalue weighted by molar-refractivity contribution is 6.31. The number of carbonyl (C=O) groups excluding carboxylic acids is 4. The Bertz CT molecular complexity index is 2540. The predicted octanol–water partition coefficient (Wildman–Crippen LogP) is 12.9. The van der Waals surface area contributed by atoms with Gasteiger partial charge in [0.05, 0.1) is 37.8 Å². The Balaban J connectivity index is 0.000000254. The number of hydrogen-bond acceptors (Lipinski definition) is 10. The van der Waals surface area contributed by atoms with Crippen LogP contribution in [0.1, 0.15) is 138 Å². The summed E-state index contributed by atoms with van der Waals surface area (Å²) >= 11 is 12.9. The van der Waals surface area contributed by atoms with Gasteiger partial charge in [0.25, 0.3) is 0 Å². The maximum absolute atomic E-state index is 12.2. The minimum atomic E-state index is -0.384. The number of hydrogen-bond donors (Lipinski definition) is 0. The quantitative estimate of drug-likeness (QED) is 0.0811. The molecule has 4 aromatic rings. The Labute approximate surface area is 424 Å². The molecule has 0 N–H and O–H groups in total. The fourth-order valence-corrected chi connectivity index (χ4v) is 10.3. The zero-order chi connectivity index (χ0) is 48.2. The summed E-state index contributed by atoms with van der Waals surface area (Å²) in [5.41, 5.74) is 10.4. The lowest BCUT2D eigenvalue weighted by molar-refractivity contribution is -0.143. The van der Waals surface area contributed by atoms with Gasteiger partial charge in [0.15, 0.2) is 0 Å². The molecule has 2 aliphatic carbocycles. The van der Waals surface area contributed by atoms with E-state index in [2.05, 4.69) is 36.4 Å². The van der Waals surface area contributed by atoms with Gasteiger partial charge in [-0.05, 0) is 171 Å². The Morgan fingerprint density at radius 2 is 1.10 bits per heavy atom. The molecule has 70 heavy (non-hydrogen) atoms. The first-order chi connectivity index (χ1) is 33.0. The van der Waals surface area contributed by atoms with Crippen molar-refractivity contribution in [2.45, 2.75) is 92.9 Å². The Kier molecular flexibility index (Phi) is 20.6. The number of halogens is 2. The molecule has 0 radical (unpaired) electrons. The van der Waals surface area contributed by atoms with E-state index in [9.17, 15) is 19.2 Å². The van der Waals surface area contributed by atoms with Crippen LogP contribution in [-0.2, 0) is 28.5 Å². The third kappa shape index (κ3) is 13.2. The van der Waals surface area contributed by atoms with Crippen LogP contribution in [0.15, 0.2) is 85.2 Å². The van der Waals surface area contributed by atoms with Gasteiger partial charge in [-0.15, -0.1) is 0 Å². The van der Waals surface area contributed by atoms with E-state index >= 15 is 0 Å². The molecule has 2 aromatic heterocycles. The number of amides is 2. The number of likely N-dealkylation sites (tertiary alicyclic amines) is 2. The van der Waals surface area contributed by atoms with Crippen LogP contribution in [0.4, 0.5) is 9.59 Å². The molecule has 2 amide bonds. The molecule has 4 aliphatic rings. The molecule has 2 aromatic carbocycles. The summed E-state index contributed by atoms with van der Waals surface area (Å²) in [7, 11) is 0. The maximum Gasteiger partial charge on any atom is 0.409 e. The Morgan fingerprint density at radius 1 is 0.629 bits per heavy atom. The largest absolute Gasteiger partial charge is 0.466 e. The fraction of sp³-hybridized carbons (Fsp3) is 0.429. The van der Waals surface area contributed by atoms with Gasteiger partial charge >= 0.3 is 24.1 Å². The molecule has 0 spiro atoms. The number of rotatable bonds is 11. The molecule has 2 unspecified atom stereocenters. The molecule has 2 saturated heterocycles. The molecule has 14 heteroatoms. The summed E-state index contributed by atoms with van der Waals surface area (Å²) in [4.78, 5) is 61.8. The molecular weight excluding hydrogens is 928 g/mol. The van der Waals surface area contributed by atoms with Gasteiger partial charge in [-0.2, -0.15) is 0 Å². The summed E-state index contributed by atoms with van der Waals surface area (Å²) in [5, 5.41) is 1.29. The number of esters is 2. The van der Waals surface area contributed by atoms with Crippen molar-refractivity contribution in [2.24, 2.45) is 11.8 Å². The minimum absolute atomic E-state index is 0. The average molecular weight is 996 g/mol. The number of pyridine rings is 2. The number of fused-ring (bicyclic) bond motifs is 4. The lowest BCUT2D eigenvalue weighted by atomic mass is 9.76. The predicted molar refractivity (Wildman–Crippen MR) is 279 cm³/mol. The van der Waals surface area contributed by atoms with Crippen molar-refractivity contribution in [1.29, 1.82) is 0 Å². The van der Waals surface area contributed by atoms with Crippen molar-refractivity contribution in [3.63, 3.8) is 0 Å². The van der Waals surface area contributed by atoms with Gasteiger partial charge in [0.2, 0.25) is 0 Å². The van der Waals surface area contributed by atoms with E-state index in [4.69, 9.17) is 52.1 Å². The van der Waals surface area contributed by atoms with Crippen LogP contribution in [0.5, 0.6) is 0 Å². The van der Waals surface area contributed by atoms with E-state index in [1.54, 1.807) is 22.8 Å². The second-order valence-electron chi connectivity index (χ2n) is 17.1. The van der Waals surface area contributed by atoms with E-state index in [1.165, 1.54) is 11.6 Å². The molecule has 4 heterocycles. The molecular formula is C56H68Cl2N4O8. The van der Waals surface area contributed by atoms with Crippen LogP contribution in [0.3, 0.4) is 0 Å². The van der Waals surface area contributed by atoms with E-state index < -0.39 is 0 Å². The highest BCUT2D eigenvalue weighted by Gasteiger charge is 2.37. The molecule has 12 nitrogen and oxygen atoms in total. The highest BCUT2D eigenvalue weighted by Crippen LogP contribution is 2.47. The number of nitrogens with zero attached hydrogens (tertiary/aromatic N) is 4. The number of piperidine rings is 2. The van der Waals surface area contributed by atoms with E-state index in [-0.39, 0.29) is 50.8 Å². The molecule has 0 saturated carbocycles.